The van der Waals surface area contributed by atoms with Crippen molar-refractivity contribution in [2.45, 2.75) is 25.7 Å². The molecule has 0 N–H and O–H groups in total. The molecule has 0 aliphatic rings. The van der Waals surface area contributed by atoms with Crippen molar-refractivity contribution in [1.82, 2.24) is 14.7 Å². The van der Waals surface area contributed by atoms with E-state index in [0.717, 1.165) is 11.1 Å². The van der Waals surface area contributed by atoms with Crippen LogP contribution in [0.5, 0.6) is 0 Å². The molecule has 2 heterocycles. The van der Waals surface area contributed by atoms with Gasteiger partial charge in [0.15, 0.2) is 0 Å². The van der Waals surface area contributed by atoms with Gasteiger partial charge in [0.2, 0.25) is 5.82 Å². The van der Waals surface area contributed by atoms with Crippen molar-refractivity contribution in [1.29, 1.82) is 0 Å². The average molecular weight is 379 g/mol. The Morgan fingerprint density at radius 2 is 1.93 bits per heavy atom. The monoisotopic (exact) mass is 379 g/mol. The third-order valence-corrected chi connectivity index (χ3v) is 3.96. The quantitative estimate of drug-likeness (QED) is 0.657. The maximum atomic E-state index is 12.5. The first-order chi connectivity index (χ1) is 12.9. The van der Waals surface area contributed by atoms with Gasteiger partial charge >= 0.3 is 12.1 Å². The van der Waals surface area contributed by atoms with E-state index < -0.39 is 12.1 Å². The number of hydrogen-bond acceptors (Lipinski definition) is 5. The van der Waals surface area contributed by atoms with Gasteiger partial charge in [0.1, 0.15) is 0 Å². The van der Waals surface area contributed by atoms with Gasteiger partial charge in [-0.15, -0.1) is 0 Å². The highest BCUT2D eigenvalue weighted by atomic mass is 19.4. The Bertz CT molecular complexity index is 979. The van der Waals surface area contributed by atoms with Crippen LogP contribution in [0, 0.1) is 0 Å². The first-order valence-electron chi connectivity index (χ1n) is 8.06. The fourth-order valence-corrected chi connectivity index (χ4v) is 2.63. The second-order valence-corrected chi connectivity index (χ2v) is 5.82. The molecule has 1 aromatic carbocycles. The molecule has 3 rings (SSSR count). The van der Waals surface area contributed by atoms with Gasteiger partial charge in [0.05, 0.1) is 6.61 Å². The standard InChI is InChI=1S/C18H16F3N3O3/c1-26-11-14-5-3-2-4-12(14)6-8-24-9-7-13(10-15(24)25)16-22-17(27-23-16)18(19,20)21/h2-5,7,9-10H,6,8,11H2,1H3. The molecule has 0 fully saturated rings. The highest BCUT2D eigenvalue weighted by Crippen LogP contribution is 2.29. The summed E-state index contributed by atoms with van der Waals surface area (Å²) in [6.45, 7) is 0.892. The van der Waals surface area contributed by atoms with Crippen molar-refractivity contribution in [2.75, 3.05) is 7.11 Å². The number of pyridine rings is 1. The van der Waals surface area contributed by atoms with Crippen molar-refractivity contribution < 1.29 is 22.4 Å². The van der Waals surface area contributed by atoms with Crippen LogP contribution in [0.1, 0.15) is 17.0 Å². The van der Waals surface area contributed by atoms with Gasteiger partial charge in [-0.3, -0.25) is 4.79 Å². The van der Waals surface area contributed by atoms with Crippen molar-refractivity contribution in [3.05, 3.63) is 70.0 Å². The second-order valence-electron chi connectivity index (χ2n) is 5.82. The van der Waals surface area contributed by atoms with Crippen LogP contribution in [0.2, 0.25) is 0 Å². The van der Waals surface area contributed by atoms with Crippen LogP contribution < -0.4 is 5.56 Å². The van der Waals surface area contributed by atoms with Crippen molar-refractivity contribution in [3.8, 4) is 11.4 Å². The molecule has 0 spiro atoms. The second kappa shape index (κ2) is 7.75. The highest BCUT2D eigenvalue weighted by molar-refractivity contribution is 5.52. The number of halogens is 3. The first-order valence-corrected chi connectivity index (χ1v) is 8.06. The molecule has 2 aromatic heterocycles. The Labute approximate surface area is 152 Å². The molecule has 0 atom stereocenters. The van der Waals surface area contributed by atoms with E-state index in [0.29, 0.717) is 19.6 Å². The molecule has 6 nitrogen and oxygen atoms in total. The maximum absolute atomic E-state index is 12.5. The number of ether oxygens (including phenoxy) is 1. The average Bonchev–Trinajstić information content (AvgIpc) is 3.12. The summed E-state index contributed by atoms with van der Waals surface area (Å²) in [7, 11) is 1.61. The van der Waals surface area contributed by atoms with E-state index in [-0.39, 0.29) is 16.9 Å². The van der Waals surface area contributed by atoms with Crippen LogP contribution in [-0.4, -0.2) is 21.8 Å². The smallest absolute Gasteiger partial charge is 0.380 e. The predicted octanol–water partition coefficient (Wildman–Crippen LogP) is 3.31. The minimum Gasteiger partial charge on any atom is -0.380 e. The van der Waals surface area contributed by atoms with Crippen LogP contribution in [-0.2, 0) is 30.5 Å². The lowest BCUT2D eigenvalue weighted by Crippen LogP contribution is -2.20. The minimum atomic E-state index is -4.73. The third kappa shape index (κ3) is 4.43. The van der Waals surface area contributed by atoms with Gasteiger partial charge in [-0.25, -0.2) is 0 Å². The van der Waals surface area contributed by atoms with Crippen LogP contribution in [0.3, 0.4) is 0 Å². The van der Waals surface area contributed by atoms with E-state index in [1.54, 1.807) is 7.11 Å². The molecule has 0 aliphatic heterocycles. The molecule has 3 aromatic rings. The predicted molar refractivity (Wildman–Crippen MR) is 89.9 cm³/mol. The Hall–Kier alpha value is -2.94. The summed E-state index contributed by atoms with van der Waals surface area (Å²) in [5.74, 6) is -1.73. The molecule has 0 amide bonds. The number of hydrogen-bond donors (Lipinski definition) is 0. The fourth-order valence-electron chi connectivity index (χ4n) is 2.63. The van der Waals surface area contributed by atoms with E-state index in [9.17, 15) is 18.0 Å². The van der Waals surface area contributed by atoms with Gasteiger partial charge in [-0.1, -0.05) is 29.4 Å². The van der Waals surface area contributed by atoms with Crippen molar-refractivity contribution in [3.63, 3.8) is 0 Å². The number of rotatable bonds is 6. The molecule has 0 saturated carbocycles. The van der Waals surface area contributed by atoms with Gasteiger partial charge in [0, 0.05) is 31.5 Å². The molecule has 0 saturated heterocycles. The molecule has 27 heavy (non-hydrogen) atoms. The largest absolute Gasteiger partial charge is 0.471 e. The van der Waals surface area contributed by atoms with Crippen molar-refractivity contribution in [2.24, 2.45) is 0 Å². The van der Waals surface area contributed by atoms with Crippen LogP contribution in [0.25, 0.3) is 11.4 Å². The lowest BCUT2D eigenvalue weighted by atomic mass is 10.1. The normalized spacial score (nSPS) is 11.7. The van der Waals surface area contributed by atoms with E-state index in [1.807, 2.05) is 24.3 Å². The molecular weight excluding hydrogens is 363 g/mol. The SMILES string of the molecule is COCc1ccccc1CCn1ccc(-c2noc(C(F)(F)F)n2)cc1=O. The van der Waals surface area contributed by atoms with Gasteiger partial charge < -0.3 is 13.8 Å². The molecule has 9 heteroatoms. The minimum absolute atomic E-state index is 0.162. The highest BCUT2D eigenvalue weighted by Gasteiger charge is 2.38. The summed E-state index contributed by atoms with van der Waals surface area (Å²) in [6, 6.07) is 10.4. The lowest BCUT2D eigenvalue weighted by molar-refractivity contribution is -0.159. The molecule has 0 radical (unpaired) electrons. The van der Waals surface area contributed by atoms with E-state index >= 15 is 0 Å². The zero-order valence-corrected chi connectivity index (χ0v) is 14.4. The number of aromatic nitrogens is 3. The van der Waals surface area contributed by atoms with E-state index in [1.165, 1.54) is 22.9 Å². The Morgan fingerprint density at radius 3 is 2.56 bits per heavy atom. The molecule has 0 bridgehead atoms. The van der Waals surface area contributed by atoms with Crippen molar-refractivity contribution >= 4 is 0 Å². The number of methoxy groups -OCH3 is 1. The Kier molecular flexibility index (Phi) is 5.41. The summed E-state index contributed by atoms with van der Waals surface area (Å²) in [6.07, 6.45) is -2.62. The number of nitrogens with zero attached hydrogens (tertiary/aromatic N) is 3. The number of benzene rings is 1. The van der Waals surface area contributed by atoms with E-state index in [2.05, 4.69) is 14.7 Å². The van der Waals surface area contributed by atoms with Crippen LogP contribution >= 0.6 is 0 Å². The zero-order valence-electron chi connectivity index (χ0n) is 14.4. The third-order valence-electron chi connectivity index (χ3n) is 3.96. The summed E-state index contributed by atoms with van der Waals surface area (Å²) in [5.41, 5.74) is 1.89. The lowest BCUT2D eigenvalue weighted by Gasteiger charge is -2.10. The zero-order chi connectivity index (χ0) is 19.4. The van der Waals surface area contributed by atoms with Crippen LogP contribution in [0.15, 0.2) is 51.9 Å². The van der Waals surface area contributed by atoms with Gasteiger partial charge in [0.25, 0.3) is 5.56 Å². The topological polar surface area (TPSA) is 70.2 Å². The summed E-state index contributed by atoms with van der Waals surface area (Å²) < 4.78 is 48.4. The first kappa shape index (κ1) is 18.8. The number of alkyl halides is 3. The Morgan fingerprint density at radius 1 is 1.19 bits per heavy atom. The molecule has 0 unspecified atom stereocenters. The Balaban J connectivity index is 1.76. The summed E-state index contributed by atoms with van der Waals surface area (Å²) in [5, 5.41) is 3.28. The molecule has 0 aliphatic carbocycles. The van der Waals surface area contributed by atoms with E-state index in [4.69, 9.17) is 4.74 Å². The summed E-state index contributed by atoms with van der Waals surface area (Å²) in [4.78, 5) is 15.6. The number of aryl methyl sites for hydroxylation is 2. The summed E-state index contributed by atoms with van der Waals surface area (Å²) >= 11 is 0. The maximum Gasteiger partial charge on any atom is 0.471 e. The van der Waals surface area contributed by atoms with Crippen LogP contribution in [0.4, 0.5) is 13.2 Å². The van der Waals surface area contributed by atoms with Gasteiger partial charge in [-0.2, -0.15) is 18.2 Å². The van der Waals surface area contributed by atoms with Gasteiger partial charge in [-0.05, 0) is 23.6 Å². The molecule has 142 valence electrons. The molecular formula is C18H16F3N3O3. The fraction of sp³-hybridized carbons (Fsp3) is 0.278.